The smallest absolute Gasteiger partial charge is 0.339 e. The Kier molecular flexibility index (Phi) is 6.91. The Morgan fingerprint density at radius 1 is 1.18 bits per heavy atom. The molecule has 0 radical (unpaired) electrons. The first-order chi connectivity index (χ1) is 13.4. The Balaban J connectivity index is 2.09. The third-order valence-corrected chi connectivity index (χ3v) is 3.80. The highest BCUT2D eigenvalue weighted by atomic mass is 16.6. The first-order valence-corrected chi connectivity index (χ1v) is 8.57. The molecule has 0 spiro atoms. The van der Waals surface area contributed by atoms with Gasteiger partial charge in [0.05, 0.1) is 22.8 Å². The third kappa shape index (κ3) is 4.97. The fourth-order valence-electron chi connectivity index (χ4n) is 2.39. The number of esters is 1. The van der Waals surface area contributed by atoms with Gasteiger partial charge in [-0.05, 0) is 38.1 Å². The van der Waals surface area contributed by atoms with Crippen LogP contribution in [0.1, 0.15) is 24.2 Å². The summed E-state index contributed by atoms with van der Waals surface area (Å²) in [6, 6.07) is 10.8. The summed E-state index contributed by atoms with van der Waals surface area (Å²) < 4.78 is 10.6. The fourth-order valence-corrected chi connectivity index (χ4v) is 2.39. The van der Waals surface area contributed by atoms with Crippen LogP contribution < -0.4 is 15.4 Å². The molecule has 0 aliphatic heterocycles. The average Bonchev–Trinajstić information content (AvgIpc) is 2.68. The van der Waals surface area contributed by atoms with Crippen molar-refractivity contribution in [3.63, 3.8) is 0 Å². The van der Waals surface area contributed by atoms with Crippen LogP contribution in [0.3, 0.4) is 0 Å². The van der Waals surface area contributed by atoms with Crippen LogP contribution in [-0.4, -0.2) is 36.6 Å². The van der Waals surface area contributed by atoms with Crippen molar-refractivity contribution >= 4 is 28.9 Å². The molecule has 0 bridgehead atoms. The van der Waals surface area contributed by atoms with Gasteiger partial charge in [-0.15, -0.1) is 0 Å². The van der Waals surface area contributed by atoms with E-state index in [9.17, 15) is 19.7 Å². The number of para-hydroxylation sites is 2. The molecule has 2 aromatic rings. The van der Waals surface area contributed by atoms with Gasteiger partial charge in [0, 0.05) is 13.1 Å². The number of carbonyl (C=O) groups is 2. The minimum Gasteiger partial charge on any atom is -0.492 e. The largest absolute Gasteiger partial charge is 0.492 e. The lowest BCUT2D eigenvalue weighted by atomic mass is 10.1. The normalized spacial score (nSPS) is 11.2. The minimum absolute atomic E-state index is 0.0277. The van der Waals surface area contributed by atoms with Gasteiger partial charge in [0.25, 0.3) is 11.6 Å². The molecule has 1 atom stereocenters. The molecular formula is C19H21N3O6. The monoisotopic (exact) mass is 387 g/mol. The van der Waals surface area contributed by atoms with Gasteiger partial charge in [-0.1, -0.05) is 12.1 Å². The second kappa shape index (κ2) is 9.36. The zero-order valence-electron chi connectivity index (χ0n) is 15.7. The number of nitrogens with zero attached hydrogens (tertiary/aromatic N) is 1. The van der Waals surface area contributed by atoms with Crippen molar-refractivity contribution in [2.45, 2.75) is 20.0 Å². The average molecular weight is 387 g/mol. The molecular weight excluding hydrogens is 366 g/mol. The Bertz CT molecular complexity index is 884. The summed E-state index contributed by atoms with van der Waals surface area (Å²) >= 11 is 0. The summed E-state index contributed by atoms with van der Waals surface area (Å²) in [5.41, 5.74) is 0.422. The third-order valence-electron chi connectivity index (χ3n) is 3.80. The molecule has 0 aliphatic rings. The topological polar surface area (TPSA) is 120 Å². The predicted octanol–water partition coefficient (Wildman–Crippen LogP) is 3.22. The van der Waals surface area contributed by atoms with E-state index in [0.717, 1.165) is 6.07 Å². The van der Waals surface area contributed by atoms with Crippen LogP contribution in [0, 0.1) is 10.1 Å². The van der Waals surface area contributed by atoms with Crippen LogP contribution in [0.5, 0.6) is 5.75 Å². The number of nitro benzene ring substituents is 1. The van der Waals surface area contributed by atoms with E-state index in [1.165, 1.54) is 26.1 Å². The lowest BCUT2D eigenvalue weighted by Gasteiger charge is -2.15. The van der Waals surface area contributed by atoms with E-state index in [0.29, 0.717) is 18.0 Å². The van der Waals surface area contributed by atoms with Crippen LogP contribution >= 0.6 is 0 Å². The number of nitrogens with one attached hydrogen (secondary N) is 2. The van der Waals surface area contributed by atoms with Gasteiger partial charge in [0.1, 0.15) is 11.4 Å². The first-order valence-electron chi connectivity index (χ1n) is 8.57. The van der Waals surface area contributed by atoms with Crippen LogP contribution in [0.25, 0.3) is 0 Å². The molecule has 2 N–H and O–H groups in total. The van der Waals surface area contributed by atoms with Gasteiger partial charge in [-0.3, -0.25) is 14.9 Å². The van der Waals surface area contributed by atoms with Crippen LogP contribution in [-0.2, 0) is 9.53 Å². The number of carbonyl (C=O) groups excluding carboxylic acids is 2. The lowest BCUT2D eigenvalue weighted by Crippen LogP contribution is -2.30. The summed E-state index contributed by atoms with van der Waals surface area (Å²) in [4.78, 5) is 35.1. The van der Waals surface area contributed by atoms with Crippen molar-refractivity contribution in [1.29, 1.82) is 0 Å². The quantitative estimate of drug-likeness (QED) is 0.405. The molecule has 0 saturated carbocycles. The summed E-state index contributed by atoms with van der Waals surface area (Å²) in [5, 5.41) is 16.4. The number of nitro groups is 1. The summed E-state index contributed by atoms with van der Waals surface area (Å²) in [6.07, 6.45) is -1.12. The molecule has 0 aliphatic carbocycles. The molecule has 0 aromatic heterocycles. The predicted molar refractivity (Wildman–Crippen MR) is 104 cm³/mol. The summed E-state index contributed by atoms with van der Waals surface area (Å²) in [6.45, 7) is 3.66. The minimum atomic E-state index is -1.12. The number of hydrogen-bond acceptors (Lipinski definition) is 7. The maximum atomic E-state index is 12.3. The zero-order valence-corrected chi connectivity index (χ0v) is 15.7. The van der Waals surface area contributed by atoms with E-state index < -0.39 is 22.9 Å². The van der Waals surface area contributed by atoms with Gasteiger partial charge in [-0.25, -0.2) is 4.79 Å². The highest BCUT2D eigenvalue weighted by Gasteiger charge is 2.22. The number of amides is 1. The van der Waals surface area contributed by atoms with Gasteiger partial charge < -0.3 is 20.1 Å². The molecule has 2 aromatic carbocycles. The number of hydrogen-bond donors (Lipinski definition) is 2. The van der Waals surface area contributed by atoms with Crippen molar-refractivity contribution < 1.29 is 24.0 Å². The maximum absolute atomic E-state index is 12.3. The molecule has 148 valence electrons. The van der Waals surface area contributed by atoms with Crippen LogP contribution in [0.4, 0.5) is 17.1 Å². The van der Waals surface area contributed by atoms with E-state index in [1.807, 2.05) is 6.92 Å². The van der Waals surface area contributed by atoms with Crippen molar-refractivity contribution in [2.75, 3.05) is 24.3 Å². The molecule has 28 heavy (non-hydrogen) atoms. The van der Waals surface area contributed by atoms with E-state index in [-0.39, 0.29) is 16.9 Å². The Labute approximate surface area is 161 Å². The Morgan fingerprint density at radius 2 is 1.89 bits per heavy atom. The van der Waals surface area contributed by atoms with E-state index >= 15 is 0 Å². The highest BCUT2D eigenvalue weighted by molar-refractivity contribution is 5.98. The molecule has 1 amide bonds. The van der Waals surface area contributed by atoms with Gasteiger partial charge in [-0.2, -0.15) is 0 Å². The molecule has 0 fully saturated rings. The summed E-state index contributed by atoms with van der Waals surface area (Å²) in [7, 11) is 1.53. The number of ether oxygens (including phenoxy) is 2. The van der Waals surface area contributed by atoms with E-state index in [2.05, 4.69) is 10.6 Å². The standard InChI is InChI=1S/C19H21N3O6/c1-4-27-17-8-6-5-7-15(17)21-18(23)12(2)28-19(24)13-9-10-14(20-3)16(11-13)22(25)26/h5-12,20H,4H2,1-3H3,(H,21,23)/t12-/m1/s1. The first kappa shape index (κ1) is 20.7. The van der Waals surface area contributed by atoms with E-state index in [1.54, 1.807) is 24.3 Å². The maximum Gasteiger partial charge on any atom is 0.339 e. The van der Waals surface area contributed by atoms with Crippen LogP contribution in [0.2, 0.25) is 0 Å². The summed E-state index contributed by atoms with van der Waals surface area (Å²) in [5.74, 6) is -0.900. The van der Waals surface area contributed by atoms with Gasteiger partial charge in [0.15, 0.2) is 6.10 Å². The lowest BCUT2D eigenvalue weighted by molar-refractivity contribution is -0.384. The molecule has 0 heterocycles. The zero-order chi connectivity index (χ0) is 20.7. The fraction of sp³-hybridized carbons (Fsp3) is 0.263. The van der Waals surface area contributed by atoms with Gasteiger partial charge >= 0.3 is 5.97 Å². The van der Waals surface area contributed by atoms with Crippen molar-refractivity contribution in [2.24, 2.45) is 0 Å². The second-order valence-electron chi connectivity index (χ2n) is 5.70. The number of rotatable bonds is 8. The highest BCUT2D eigenvalue weighted by Crippen LogP contribution is 2.26. The number of benzene rings is 2. The Hall–Kier alpha value is -3.62. The second-order valence-corrected chi connectivity index (χ2v) is 5.70. The molecule has 9 nitrogen and oxygen atoms in total. The SMILES string of the molecule is CCOc1ccccc1NC(=O)[C@@H](C)OC(=O)c1ccc(NC)c([N+](=O)[O-])c1. The molecule has 2 rings (SSSR count). The van der Waals surface area contributed by atoms with Crippen molar-refractivity contribution in [3.8, 4) is 5.75 Å². The van der Waals surface area contributed by atoms with Crippen molar-refractivity contribution in [1.82, 2.24) is 0 Å². The van der Waals surface area contributed by atoms with Crippen LogP contribution in [0.15, 0.2) is 42.5 Å². The van der Waals surface area contributed by atoms with E-state index in [4.69, 9.17) is 9.47 Å². The molecule has 0 unspecified atom stereocenters. The number of anilines is 2. The molecule has 9 heteroatoms. The van der Waals surface area contributed by atoms with Crippen molar-refractivity contribution in [3.05, 3.63) is 58.1 Å². The molecule has 0 saturated heterocycles. The van der Waals surface area contributed by atoms with Gasteiger partial charge in [0.2, 0.25) is 0 Å². The Morgan fingerprint density at radius 3 is 2.54 bits per heavy atom.